The largest absolute Gasteiger partial charge is 0.419 e. The maximum atomic E-state index is 13.9. The molecule has 0 aliphatic carbocycles. The second kappa shape index (κ2) is 10.1. The Morgan fingerprint density at radius 3 is 2.44 bits per heavy atom. The predicted molar refractivity (Wildman–Crippen MR) is 130 cm³/mol. The van der Waals surface area contributed by atoms with Crippen LogP contribution in [0.25, 0.3) is 0 Å². The van der Waals surface area contributed by atoms with E-state index in [-0.39, 0.29) is 22.9 Å². The Labute approximate surface area is 214 Å². The number of fused-ring (bicyclic) bond motifs is 1. The van der Waals surface area contributed by atoms with Crippen molar-refractivity contribution in [3.05, 3.63) is 97.8 Å². The number of carbonyl (C=O) groups is 2. The van der Waals surface area contributed by atoms with Gasteiger partial charge in [-0.25, -0.2) is 4.39 Å². The predicted octanol–water partition coefficient (Wildman–Crippen LogP) is 6.84. The van der Waals surface area contributed by atoms with Crippen LogP contribution < -0.4 is 5.32 Å². The Balaban J connectivity index is 1.49. The Kier molecular flexibility index (Phi) is 7.29. The van der Waals surface area contributed by atoms with Gasteiger partial charge in [0.15, 0.2) is 0 Å². The number of amides is 2. The first-order valence-electron chi connectivity index (χ1n) is 10.9. The summed E-state index contributed by atoms with van der Waals surface area (Å²) in [5.74, 6) is -2.11. The fourth-order valence-corrected chi connectivity index (χ4v) is 4.50. The summed E-state index contributed by atoms with van der Waals surface area (Å²) < 4.78 is 52.2. The second-order valence-electron chi connectivity index (χ2n) is 8.54. The standard InChI is InChI=1S/C26H20Cl2F4N2O2/c1-14-2-4-17-13-34(25(36)16-5-7-20(27)21(28)12-16)9-8-18(17)24(14)33-23(35)11-15-3-6-19(22(29)10-15)26(30,31)32/h2-7,10,12H,8-9,11,13H2,1H3,(H,33,35). The lowest BCUT2D eigenvalue weighted by molar-refractivity contribution is -0.140. The molecule has 1 aliphatic heterocycles. The van der Waals surface area contributed by atoms with Crippen molar-refractivity contribution in [2.75, 3.05) is 11.9 Å². The lowest BCUT2D eigenvalue weighted by atomic mass is 9.94. The summed E-state index contributed by atoms with van der Waals surface area (Å²) in [5.41, 5.74) is 2.28. The van der Waals surface area contributed by atoms with Crippen LogP contribution in [0.1, 0.15) is 38.2 Å². The number of aryl methyl sites for hydroxylation is 1. The van der Waals surface area contributed by atoms with Crippen LogP contribution in [0.5, 0.6) is 0 Å². The van der Waals surface area contributed by atoms with Crippen LogP contribution in [0.4, 0.5) is 23.2 Å². The minimum atomic E-state index is -4.81. The molecule has 1 heterocycles. The van der Waals surface area contributed by atoms with Crippen molar-refractivity contribution in [3.8, 4) is 0 Å². The third-order valence-electron chi connectivity index (χ3n) is 6.03. The molecule has 36 heavy (non-hydrogen) atoms. The molecule has 1 aliphatic rings. The zero-order valence-electron chi connectivity index (χ0n) is 19.0. The summed E-state index contributed by atoms with van der Waals surface area (Å²) in [6.07, 6.45) is -4.62. The van der Waals surface area contributed by atoms with Crippen LogP contribution >= 0.6 is 23.2 Å². The molecule has 4 nitrogen and oxygen atoms in total. The molecule has 0 unspecified atom stereocenters. The SMILES string of the molecule is Cc1ccc2c(c1NC(=O)Cc1ccc(C(F)(F)F)c(F)c1)CCN(C(=O)c1ccc(Cl)c(Cl)c1)C2. The van der Waals surface area contributed by atoms with Crippen molar-refractivity contribution in [2.45, 2.75) is 32.5 Å². The number of hydrogen-bond donors (Lipinski definition) is 1. The highest BCUT2D eigenvalue weighted by molar-refractivity contribution is 6.42. The maximum absolute atomic E-state index is 13.9. The van der Waals surface area contributed by atoms with Gasteiger partial charge in [-0.05, 0) is 65.9 Å². The number of benzene rings is 3. The molecule has 0 atom stereocenters. The second-order valence-corrected chi connectivity index (χ2v) is 9.35. The molecule has 3 aromatic rings. The first-order chi connectivity index (χ1) is 16.9. The molecule has 3 aromatic carbocycles. The number of nitrogens with one attached hydrogen (secondary N) is 1. The highest BCUT2D eigenvalue weighted by Crippen LogP contribution is 2.33. The van der Waals surface area contributed by atoms with Crippen LogP contribution in [-0.4, -0.2) is 23.3 Å². The molecule has 0 saturated heterocycles. The van der Waals surface area contributed by atoms with Crippen LogP contribution in [0.15, 0.2) is 48.5 Å². The van der Waals surface area contributed by atoms with Crippen molar-refractivity contribution >= 4 is 40.7 Å². The van der Waals surface area contributed by atoms with Gasteiger partial charge in [0.05, 0.1) is 22.0 Å². The van der Waals surface area contributed by atoms with Gasteiger partial charge in [0.1, 0.15) is 5.82 Å². The summed E-state index contributed by atoms with van der Waals surface area (Å²) in [6, 6.07) is 10.8. The Morgan fingerprint density at radius 2 is 1.78 bits per heavy atom. The Morgan fingerprint density at radius 1 is 1.03 bits per heavy atom. The van der Waals surface area contributed by atoms with Crippen molar-refractivity contribution < 1.29 is 27.2 Å². The van der Waals surface area contributed by atoms with Gasteiger partial charge in [-0.1, -0.05) is 41.4 Å². The molecule has 2 amide bonds. The van der Waals surface area contributed by atoms with Gasteiger partial charge < -0.3 is 10.2 Å². The number of hydrogen-bond acceptors (Lipinski definition) is 2. The molecule has 0 saturated carbocycles. The third-order valence-corrected chi connectivity index (χ3v) is 6.77. The van der Waals surface area contributed by atoms with E-state index in [1.165, 1.54) is 6.07 Å². The van der Waals surface area contributed by atoms with E-state index < -0.39 is 23.5 Å². The van der Waals surface area contributed by atoms with E-state index in [1.807, 2.05) is 19.1 Å². The summed E-state index contributed by atoms with van der Waals surface area (Å²) in [6.45, 7) is 2.55. The average molecular weight is 539 g/mol. The van der Waals surface area contributed by atoms with E-state index in [1.54, 1.807) is 17.0 Å². The molecule has 4 rings (SSSR count). The maximum Gasteiger partial charge on any atom is 0.419 e. The molecule has 0 aromatic heterocycles. The smallest absolute Gasteiger partial charge is 0.334 e. The minimum absolute atomic E-state index is 0.124. The normalized spacial score (nSPS) is 13.4. The molecule has 10 heteroatoms. The highest BCUT2D eigenvalue weighted by atomic mass is 35.5. The van der Waals surface area contributed by atoms with Gasteiger partial charge in [-0.3, -0.25) is 9.59 Å². The first-order valence-corrected chi connectivity index (χ1v) is 11.7. The molecule has 188 valence electrons. The van der Waals surface area contributed by atoms with Crippen molar-refractivity contribution in [3.63, 3.8) is 0 Å². The first kappa shape index (κ1) is 26.0. The van der Waals surface area contributed by atoms with Gasteiger partial charge in [0.2, 0.25) is 5.91 Å². The summed E-state index contributed by atoms with van der Waals surface area (Å²) in [4.78, 5) is 27.3. The number of nitrogens with zero attached hydrogens (tertiary/aromatic N) is 1. The summed E-state index contributed by atoms with van der Waals surface area (Å²) in [7, 11) is 0. The molecule has 0 bridgehead atoms. The molecule has 0 fully saturated rings. The lowest BCUT2D eigenvalue weighted by Gasteiger charge is -2.31. The van der Waals surface area contributed by atoms with Gasteiger partial charge >= 0.3 is 6.18 Å². The fraction of sp³-hybridized carbons (Fsp3) is 0.231. The Hall–Kier alpha value is -3.10. The van der Waals surface area contributed by atoms with E-state index >= 15 is 0 Å². The lowest BCUT2D eigenvalue weighted by Crippen LogP contribution is -2.36. The van der Waals surface area contributed by atoms with Crippen LogP contribution in [0.2, 0.25) is 10.0 Å². The molecule has 0 radical (unpaired) electrons. The summed E-state index contributed by atoms with van der Waals surface area (Å²) in [5, 5.41) is 3.46. The van der Waals surface area contributed by atoms with E-state index in [9.17, 15) is 27.2 Å². The monoisotopic (exact) mass is 538 g/mol. The number of carbonyl (C=O) groups excluding carboxylic acids is 2. The van der Waals surface area contributed by atoms with Crippen molar-refractivity contribution in [1.82, 2.24) is 4.90 Å². The average Bonchev–Trinajstić information content (AvgIpc) is 2.81. The number of halogens is 6. The van der Waals surface area contributed by atoms with Gasteiger partial charge in [0, 0.05) is 24.3 Å². The summed E-state index contributed by atoms with van der Waals surface area (Å²) >= 11 is 12.0. The molecule has 1 N–H and O–H groups in total. The van der Waals surface area contributed by atoms with Crippen molar-refractivity contribution in [1.29, 1.82) is 0 Å². The molecular weight excluding hydrogens is 519 g/mol. The molecular formula is C26H20Cl2F4N2O2. The highest BCUT2D eigenvalue weighted by Gasteiger charge is 2.34. The van der Waals surface area contributed by atoms with Crippen molar-refractivity contribution in [2.24, 2.45) is 0 Å². The van der Waals surface area contributed by atoms with Gasteiger partial charge in [-0.2, -0.15) is 13.2 Å². The number of rotatable bonds is 4. The zero-order valence-corrected chi connectivity index (χ0v) is 20.5. The Bertz CT molecular complexity index is 1360. The number of alkyl halides is 3. The minimum Gasteiger partial charge on any atom is -0.334 e. The van der Waals surface area contributed by atoms with Crippen LogP contribution in [0.3, 0.4) is 0 Å². The zero-order chi connectivity index (χ0) is 26.2. The van der Waals surface area contributed by atoms with Gasteiger partial charge in [-0.15, -0.1) is 0 Å². The van der Waals surface area contributed by atoms with Crippen LogP contribution in [0, 0.1) is 12.7 Å². The fourth-order valence-electron chi connectivity index (χ4n) is 4.20. The van der Waals surface area contributed by atoms with Gasteiger partial charge in [0.25, 0.3) is 5.91 Å². The third kappa shape index (κ3) is 5.50. The van der Waals surface area contributed by atoms with E-state index in [4.69, 9.17) is 23.2 Å². The topological polar surface area (TPSA) is 49.4 Å². The number of anilines is 1. The van der Waals surface area contributed by atoms with E-state index in [0.29, 0.717) is 41.9 Å². The molecule has 0 spiro atoms. The van der Waals surface area contributed by atoms with Crippen LogP contribution in [-0.2, 0) is 30.4 Å². The van der Waals surface area contributed by atoms with E-state index in [2.05, 4.69) is 5.32 Å². The van der Waals surface area contributed by atoms with E-state index in [0.717, 1.165) is 28.8 Å². The quantitative estimate of drug-likeness (QED) is 0.369.